The third-order valence-corrected chi connectivity index (χ3v) is 7.20. The second kappa shape index (κ2) is 9.77. The number of sulfonamides is 1. The van der Waals surface area contributed by atoms with Crippen molar-refractivity contribution < 1.29 is 23.1 Å². The Hall–Kier alpha value is -4.27. The molecule has 5 rings (SSSR count). The lowest BCUT2D eigenvalue weighted by molar-refractivity contribution is 0.0697. The van der Waals surface area contributed by atoms with Gasteiger partial charge in [-0.05, 0) is 64.9 Å². The van der Waals surface area contributed by atoms with E-state index in [1.807, 2.05) is 48.5 Å². The van der Waals surface area contributed by atoms with E-state index in [9.17, 15) is 13.2 Å². The predicted octanol–water partition coefficient (Wildman–Crippen LogP) is 5.14. The minimum Gasteiger partial charge on any atom is -0.487 e. The van der Waals surface area contributed by atoms with Crippen molar-refractivity contribution in [3.63, 3.8) is 0 Å². The summed E-state index contributed by atoms with van der Waals surface area (Å²) in [5.41, 5.74) is 2.50. The molecule has 4 aromatic carbocycles. The molecule has 1 heterocycles. The maximum Gasteiger partial charge on any atom is 0.335 e. The number of carbonyl (C=O) groups is 1. The summed E-state index contributed by atoms with van der Waals surface area (Å²) < 4.78 is 34.3. The summed E-state index contributed by atoms with van der Waals surface area (Å²) in [5.74, 6) is -0.423. The molecule has 1 aromatic heterocycles. The number of nitrogens with one attached hydrogen (secondary N) is 1. The highest BCUT2D eigenvalue weighted by Gasteiger charge is 2.15. The van der Waals surface area contributed by atoms with Gasteiger partial charge in [-0.1, -0.05) is 48.5 Å². The molecule has 0 unspecified atom stereocenters. The van der Waals surface area contributed by atoms with Gasteiger partial charge in [-0.3, -0.25) is 0 Å². The van der Waals surface area contributed by atoms with Crippen LogP contribution in [0, 0.1) is 0 Å². The molecule has 36 heavy (non-hydrogen) atoms. The predicted molar refractivity (Wildman–Crippen MR) is 137 cm³/mol. The summed E-state index contributed by atoms with van der Waals surface area (Å²) in [6.45, 7) is 0.332. The van der Waals surface area contributed by atoms with Crippen molar-refractivity contribution in [2.24, 2.45) is 0 Å². The van der Waals surface area contributed by atoms with Crippen LogP contribution in [0.4, 0.5) is 0 Å². The lowest BCUT2D eigenvalue weighted by Crippen LogP contribution is -2.23. The van der Waals surface area contributed by atoms with E-state index in [1.165, 1.54) is 12.1 Å². The van der Waals surface area contributed by atoms with E-state index in [-0.39, 0.29) is 23.6 Å². The first kappa shape index (κ1) is 23.5. The van der Waals surface area contributed by atoms with Crippen molar-refractivity contribution in [1.82, 2.24) is 9.71 Å². The van der Waals surface area contributed by atoms with Gasteiger partial charge in [-0.25, -0.2) is 22.9 Å². The third kappa shape index (κ3) is 5.19. The second-order valence-corrected chi connectivity index (χ2v) is 10.0. The Morgan fingerprint density at radius 3 is 2.39 bits per heavy atom. The lowest BCUT2D eigenvalue weighted by Gasteiger charge is -2.10. The monoisotopic (exact) mass is 498 g/mol. The number of aromatic nitrogens is 1. The molecule has 0 atom stereocenters. The zero-order valence-corrected chi connectivity index (χ0v) is 19.9. The lowest BCUT2D eigenvalue weighted by atomic mass is 10.1. The van der Waals surface area contributed by atoms with Crippen molar-refractivity contribution >= 4 is 37.7 Å². The van der Waals surface area contributed by atoms with Crippen molar-refractivity contribution in [3.05, 3.63) is 114 Å². The molecule has 0 saturated carbocycles. The molecule has 5 aromatic rings. The zero-order chi connectivity index (χ0) is 25.1. The highest BCUT2D eigenvalue weighted by molar-refractivity contribution is 7.89. The number of benzene rings is 4. The summed E-state index contributed by atoms with van der Waals surface area (Å²) >= 11 is 0. The Labute approximate surface area is 208 Å². The van der Waals surface area contributed by atoms with Crippen LogP contribution in [0.3, 0.4) is 0 Å². The Balaban J connectivity index is 1.30. The molecule has 0 spiro atoms. The van der Waals surface area contributed by atoms with Gasteiger partial charge in [0.15, 0.2) is 0 Å². The van der Waals surface area contributed by atoms with Gasteiger partial charge in [-0.2, -0.15) is 0 Å². The summed E-state index contributed by atoms with van der Waals surface area (Å²) in [4.78, 5) is 15.7. The first-order valence-corrected chi connectivity index (χ1v) is 12.7. The smallest absolute Gasteiger partial charge is 0.335 e. The molecule has 180 valence electrons. The van der Waals surface area contributed by atoms with E-state index in [0.29, 0.717) is 11.3 Å². The molecule has 0 aliphatic rings. The van der Waals surface area contributed by atoms with E-state index >= 15 is 0 Å². The van der Waals surface area contributed by atoms with Crippen LogP contribution in [0.15, 0.2) is 102 Å². The zero-order valence-electron chi connectivity index (χ0n) is 19.1. The fourth-order valence-electron chi connectivity index (χ4n) is 3.83. The normalized spacial score (nSPS) is 11.6. The average molecular weight is 499 g/mol. The van der Waals surface area contributed by atoms with Crippen molar-refractivity contribution in [1.29, 1.82) is 0 Å². The van der Waals surface area contributed by atoms with Gasteiger partial charge < -0.3 is 9.84 Å². The summed E-state index contributed by atoms with van der Waals surface area (Å²) in [5, 5.41) is 11.7. The largest absolute Gasteiger partial charge is 0.487 e. The van der Waals surface area contributed by atoms with Crippen molar-refractivity contribution in [3.8, 4) is 5.75 Å². The number of hydrogen-bond donors (Lipinski definition) is 2. The van der Waals surface area contributed by atoms with E-state index in [4.69, 9.17) is 9.84 Å². The van der Waals surface area contributed by atoms with E-state index in [0.717, 1.165) is 27.4 Å². The molecule has 0 saturated heterocycles. The third-order valence-electron chi connectivity index (χ3n) is 5.80. The molecule has 7 nitrogen and oxygen atoms in total. The number of aromatic carboxylic acids is 1. The highest BCUT2D eigenvalue weighted by atomic mass is 32.2. The molecular weight excluding hydrogens is 476 g/mol. The van der Waals surface area contributed by atoms with Crippen LogP contribution in [0.2, 0.25) is 0 Å². The number of hydrogen-bond acceptors (Lipinski definition) is 5. The van der Waals surface area contributed by atoms with Gasteiger partial charge >= 0.3 is 5.97 Å². The molecular formula is C28H22N2O5S. The van der Waals surface area contributed by atoms with E-state index in [2.05, 4.69) is 9.71 Å². The topological polar surface area (TPSA) is 106 Å². The number of pyridine rings is 1. The fraction of sp³-hybridized carbons (Fsp3) is 0.0714. The van der Waals surface area contributed by atoms with Gasteiger partial charge in [0, 0.05) is 11.9 Å². The number of ether oxygens (including phenoxy) is 1. The van der Waals surface area contributed by atoms with E-state index in [1.54, 1.807) is 36.4 Å². The van der Waals surface area contributed by atoms with Crippen molar-refractivity contribution in [2.45, 2.75) is 18.0 Å². The van der Waals surface area contributed by atoms with Crippen LogP contribution in [0.25, 0.3) is 21.7 Å². The molecule has 0 aliphatic heterocycles. The number of para-hydroxylation sites is 1. The average Bonchev–Trinajstić information content (AvgIpc) is 2.90. The molecule has 0 bridgehead atoms. The van der Waals surface area contributed by atoms with Gasteiger partial charge in [0.1, 0.15) is 12.4 Å². The number of fused-ring (bicyclic) bond motifs is 2. The molecule has 0 aliphatic carbocycles. The highest BCUT2D eigenvalue weighted by Crippen LogP contribution is 2.25. The summed E-state index contributed by atoms with van der Waals surface area (Å²) in [6.07, 6.45) is 0. The quantitative estimate of drug-likeness (QED) is 0.307. The number of nitrogens with zero attached hydrogens (tertiary/aromatic N) is 1. The van der Waals surface area contributed by atoms with Gasteiger partial charge in [-0.15, -0.1) is 0 Å². The first-order chi connectivity index (χ1) is 17.4. The van der Waals surface area contributed by atoms with Crippen LogP contribution in [-0.2, 0) is 23.2 Å². The molecule has 0 amide bonds. The van der Waals surface area contributed by atoms with Gasteiger partial charge in [0.05, 0.1) is 21.7 Å². The van der Waals surface area contributed by atoms with Crippen LogP contribution in [0.1, 0.15) is 21.6 Å². The standard InChI is InChI=1S/C28H22N2O5S/c31-28(32)22-7-5-19(6-8-22)17-29-36(33,34)26-14-11-20-10-13-25(15-23(20)16-26)35-18-24-12-9-21-3-1-2-4-27(21)30-24/h1-16,29H,17-18H2,(H,31,32). The Bertz CT molecular complexity index is 1680. The number of carboxylic acid groups (broad SMARTS) is 1. The molecule has 0 radical (unpaired) electrons. The molecule has 2 N–H and O–H groups in total. The van der Waals surface area contributed by atoms with Crippen LogP contribution < -0.4 is 9.46 Å². The van der Waals surface area contributed by atoms with Crippen molar-refractivity contribution in [2.75, 3.05) is 0 Å². The fourth-order valence-corrected chi connectivity index (χ4v) is 4.89. The maximum absolute atomic E-state index is 12.9. The minimum absolute atomic E-state index is 0.0438. The summed E-state index contributed by atoms with van der Waals surface area (Å²) in [7, 11) is -3.78. The first-order valence-electron chi connectivity index (χ1n) is 11.2. The Kier molecular flexibility index (Phi) is 6.37. The van der Waals surface area contributed by atoms with Crippen LogP contribution in [-0.4, -0.2) is 24.5 Å². The van der Waals surface area contributed by atoms with Gasteiger partial charge in [0.2, 0.25) is 10.0 Å². The van der Waals surface area contributed by atoms with Crippen LogP contribution >= 0.6 is 0 Å². The van der Waals surface area contributed by atoms with Gasteiger partial charge in [0.25, 0.3) is 0 Å². The Morgan fingerprint density at radius 1 is 0.833 bits per heavy atom. The number of rotatable bonds is 8. The number of carboxylic acids is 1. The summed E-state index contributed by atoms with van der Waals surface area (Å²) in [6, 6.07) is 28.3. The molecule has 8 heteroatoms. The minimum atomic E-state index is -3.78. The maximum atomic E-state index is 12.9. The molecule has 0 fully saturated rings. The SMILES string of the molecule is O=C(O)c1ccc(CNS(=O)(=O)c2ccc3ccc(OCc4ccc5ccccc5n4)cc3c2)cc1. The van der Waals surface area contributed by atoms with E-state index < -0.39 is 16.0 Å². The Morgan fingerprint density at radius 2 is 1.58 bits per heavy atom. The van der Waals surface area contributed by atoms with Crippen LogP contribution in [0.5, 0.6) is 5.75 Å². The second-order valence-electron chi connectivity index (χ2n) is 8.28.